The highest BCUT2D eigenvalue weighted by Gasteiger charge is 2.30. The number of benzene rings is 3. The number of para-hydroxylation sites is 1. The van der Waals surface area contributed by atoms with Gasteiger partial charge in [0.15, 0.2) is 0 Å². The Morgan fingerprint density at radius 3 is 2.26 bits per heavy atom. The molecule has 1 amide bonds. The second kappa shape index (κ2) is 7.26. The quantitative estimate of drug-likeness (QED) is 0.520. The van der Waals surface area contributed by atoms with Crippen LogP contribution in [0.15, 0.2) is 60.7 Å². The highest BCUT2D eigenvalue weighted by molar-refractivity contribution is 6.34. The van der Waals surface area contributed by atoms with Crippen molar-refractivity contribution in [2.45, 2.75) is 12.8 Å². The number of halogens is 2. The number of amides is 1. The number of hydrogen-bond donors (Lipinski definition) is 0. The van der Waals surface area contributed by atoms with Gasteiger partial charge in [-0.25, -0.2) is 0 Å². The third-order valence-electron chi connectivity index (χ3n) is 4.77. The van der Waals surface area contributed by atoms with E-state index in [1.54, 1.807) is 18.1 Å². The molecule has 0 atom stereocenters. The maximum Gasteiger partial charge on any atom is 0.231 e. The molecule has 0 saturated carbocycles. The fourth-order valence-electron chi connectivity index (χ4n) is 3.51. The predicted octanol–water partition coefficient (Wildman–Crippen LogP) is 6.28. The molecule has 0 N–H and O–H groups in total. The number of rotatable bonds is 3. The van der Waals surface area contributed by atoms with E-state index in [9.17, 15) is 4.79 Å². The standard InChI is InChI=1S/C22H17Cl2NO2/c1-27-14-12-17(15-6-2-3-7-18(15)23)16-10-11-22(26)25(21(16)13-14)20-9-5-4-8-19(20)24/h2-9,12-13H,10-11H2,1H3. The van der Waals surface area contributed by atoms with Crippen LogP contribution in [0.4, 0.5) is 11.4 Å². The summed E-state index contributed by atoms with van der Waals surface area (Å²) < 4.78 is 5.52. The normalized spacial score (nSPS) is 13.4. The first kappa shape index (κ1) is 17.9. The van der Waals surface area contributed by atoms with Crippen molar-refractivity contribution in [2.24, 2.45) is 0 Å². The van der Waals surface area contributed by atoms with E-state index >= 15 is 0 Å². The van der Waals surface area contributed by atoms with E-state index in [1.807, 2.05) is 54.6 Å². The molecule has 0 aliphatic carbocycles. The summed E-state index contributed by atoms with van der Waals surface area (Å²) in [4.78, 5) is 14.5. The summed E-state index contributed by atoms with van der Waals surface area (Å²) in [6, 6.07) is 18.9. The Balaban J connectivity index is 1.98. The molecule has 0 saturated heterocycles. The van der Waals surface area contributed by atoms with Gasteiger partial charge in [0.25, 0.3) is 0 Å². The molecular formula is C22H17Cl2NO2. The minimum absolute atomic E-state index is 0.00830. The molecule has 0 radical (unpaired) electrons. The topological polar surface area (TPSA) is 29.5 Å². The molecule has 4 rings (SSSR count). The van der Waals surface area contributed by atoms with Gasteiger partial charge in [0.05, 0.1) is 23.5 Å². The van der Waals surface area contributed by atoms with Crippen LogP contribution in [0.5, 0.6) is 5.75 Å². The van der Waals surface area contributed by atoms with E-state index < -0.39 is 0 Å². The Morgan fingerprint density at radius 1 is 0.852 bits per heavy atom. The molecule has 1 aliphatic rings. The SMILES string of the molecule is COc1cc(-c2ccccc2Cl)c2c(c1)N(c1ccccc1Cl)C(=O)CC2. The Labute approximate surface area is 168 Å². The second-order valence-corrected chi connectivity index (χ2v) is 7.15. The van der Waals surface area contributed by atoms with E-state index in [1.165, 1.54) is 0 Å². The first-order valence-electron chi connectivity index (χ1n) is 8.63. The molecule has 136 valence electrons. The van der Waals surface area contributed by atoms with Crippen molar-refractivity contribution in [2.75, 3.05) is 12.0 Å². The molecule has 0 bridgehead atoms. The van der Waals surface area contributed by atoms with Crippen LogP contribution in [0.25, 0.3) is 11.1 Å². The zero-order valence-corrected chi connectivity index (χ0v) is 16.2. The number of methoxy groups -OCH3 is 1. The highest BCUT2D eigenvalue weighted by Crippen LogP contribution is 2.45. The zero-order valence-electron chi connectivity index (χ0n) is 14.7. The molecule has 5 heteroatoms. The summed E-state index contributed by atoms with van der Waals surface area (Å²) in [5.41, 5.74) is 4.41. The van der Waals surface area contributed by atoms with E-state index in [4.69, 9.17) is 27.9 Å². The number of nitrogens with zero attached hydrogens (tertiary/aromatic N) is 1. The van der Waals surface area contributed by atoms with E-state index in [2.05, 4.69) is 0 Å². The van der Waals surface area contributed by atoms with E-state index in [0.717, 1.165) is 22.4 Å². The summed E-state index contributed by atoms with van der Waals surface area (Å²) in [7, 11) is 1.61. The van der Waals surface area contributed by atoms with Crippen molar-refractivity contribution in [1.29, 1.82) is 0 Å². The number of anilines is 2. The maximum atomic E-state index is 12.8. The lowest BCUT2D eigenvalue weighted by Crippen LogP contribution is -2.31. The average Bonchev–Trinajstić information content (AvgIpc) is 2.68. The van der Waals surface area contributed by atoms with Crippen LogP contribution in [-0.2, 0) is 11.2 Å². The lowest BCUT2D eigenvalue weighted by Gasteiger charge is -2.32. The number of ether oxygens (including phenoxy) is 1. The van der Waals surface area contributed by atoms with Gasteiger partial charge in [0.1, 0.15) is 5.75 Å². The molecule has 1 aliphatic heterocycles. The van der Waals surface area contributed by atoms with Crippen molar-refractivity contribution in [3.63, 3.8) is 0 Å². The molecule has 3 aromatic rings. The Morgan fingerprint density at radius 2 is 1.56 bits per heavy atom. The predicted molar refractivity (Wildman–Crippen MR) is 110 cm³/mol. The van der Waals surface area contributed by atoms with Crippen LogP contribution in [0.2, 0.25) is 10.0 Å². The van der Waals surface area contributed by atoms with E-state index in [0.29, 0.717) is 34.3 Å². The Bertz CT molecular complexity index is 1030. The molecule has 0 unspecified atom stereocenters. The minimum atomic E-state index is 0.00830. The first-order valence-corrected chi connectivity index (χ1v) is 9.39. The van der Waals surface area contributed by atoms with Crippen molar-refractivity contribution >= 4 is 40.5 Å². The number of carbonyl (C=O) groups excluding carboxylic acids is 1. The summed E-state index contributed by atoms with van der Waals surface area (Å²) >= 11 is 12.9. The van der Waals surface area contributed by atoms with Crippen LogP contribution in [0.1, 0.15) is 12.0 Å². The van der Waals surface area contributed by atoms with Gasteiger partial charge in [-0.1, -0.05) is 53.5 Å². The maximum absolute atomic E-state index is 12.8. The molecule has 0 aromatic heterocycles. The van der Waals surface area contributed by atoms with Gasteiger partial charge in [0.2, 0.25) is 5.91 Å². The third-order valence-corrected chi connectivity index (χ3v) is 5.42. The molecule has 1 heterocycles. The Hall–Kier alpha value is -2.49. The first-order chi connectivity index (χ1) is 13.1. The van der Waals surface area contributed by atoms with E-state index in [-0.39, 0.29) is 5.91 Å². The van der Waals surface area contributed by atoms with Gasteiger partial charge < -0.3 is 4.74 Å². The van der Waals surface area contributed by atoms with Gasteiger partial charge in [0, 0.05) is 23.1 Å². The van der Waals surface area contributed by atoms with Crippen molar-refractivity contribution in [3.05, 3.63) is 76.3 Å². The lowest BCUT2D eigenvalue weighted by molar-refractivity contribution is -0.118. The summed E-state index contributed by atoms with van der Waals surface area (Å²) in [5, 5.41) is 1.19. The molecule has 3 nitrogen and oxygen atoms in total. The summed E-state index contributed by atoms with van der Waals surface area (Å²) in [6.45, 7) is 0. The minimum Gasteiger partial charge on any atom is -0.497 e. The number of fused-ring (bicyclic) bond motifs is 1. The summed E-state index contributed by atoms with van der Waals surface area (Å²) in [6.07, 6.45) is 1.04. The van der Waals surface area contributed by atoms with Crippen LogP contribution >= 0.6 is 23.2 Å². The average molecular weight is 398 g/mol. The van der Waals surface area contributed by atoms with Crippen LogP contribution < -0.4 is 9.64 Å². The molecule has 0 fully saturated rings. The molecule has 3 aromatic carbocycles. The monoisotopic (exact) mass is 397 g/mol. The van der Waals surface area contributed by atoms with Gasteiger partial charge in [-0.3, -0.25) is 9.69 Å². The number of carbonyl (C=O) groups is 1. The number of hydrogen-bond acceptors (Lipinski definition) is 2. The van der Waals surface area contributed by atoms with Gasteiger partial charge in [-0.2, -0.15) is 0 Å². The molecule has 27 heavy (non-hydrogen) atoms. The smallest absolute Gasteiger partial charge is 0.231 e. The van der Waals surface area contributed by atoms with Crippen LogP contribution in [-0.4, -0.2) is 13.0 Å². The second-order valence-electron chi connectivity index (χ2n) is 6.33. The zero-order chi connectivity index (χ0) is 19.0. The van der Waals surface area contributed by atoms with Crippen LogP contribution in [0.3, 0.4) is 0 Å². The van der Waals surface area contributed by atoms with Crippen molar-refractivity contribution < 1.29 is 9.53 Å². The van der Waals surface area contributed by atoms with Gasteiger partial charge in [-0.05, 0) is 41.8 Å². The van der Waals surface area contributed by atoms with Gasteiger partial charge >= 0.3 is 0 Å². The van der Waals surface area contributed by atoms with Crippen molar-refractivity contribution in [1.82, 2.24) is 0 Å². The largest absolute Gasteiger partial charge is 0.497 e. The third kappa shape index (κ3) is 3.18. The summed E-state index contributed by atoms with van der Waals surface area (Å²) in [5.74, 6) is 0.671. The highest BCUT2D eigenvalue weighted by atomic mass is 35.5. The molecule has 0 spiro atoms. The van der Waals surface area contributed by atoms with Gasteiger partial charge in [-0.15, -0.1) is 0 Å². The van der Waals surface area contributed by atoms with Crippen LogP contribution in [0, 0.1) is 0 Å². The molecular weight excluding hydrogens is 381 g/mol. The fraction of sp³-hybridized carbons (Fsp3) is 0.136. The van der Waals surface area contributed by atoms with Crippen molar-refractivity contribution in [3.8, 4) is 16.9 Å². The lowest BCUT2D eigenvalue weighted by atomic mass is 9.91. The Kier molecular flexibility index (Phi) is 4.81. The fourth-order valence-corrected chi connectivity index (χ4v) is 3.96.